The van der Waals surface area contributed by atoms with E-state index < -0.39 is 0 Å². The predicted molar refractivity (Wildman–Crippen MR) is 106 cm³/mol. The van der Waals surface area contributed by atoms with Crippen LogP contribution in [0.25, 0.3) is 0 Å². The first-order valence-electron chi connectivity index (χ1n) is 11.2. The number of carbonyl (C=O) groups excluding carboxylic acids is 1. The highest BCUT2D eigenvalue weighted by Crippen LogP contribution is 2.75. The summed E-state index contributed by atoms with van der Waals surface area (Å²) in [6.07, 6.45) is 9.41. The second-order valence-electron chi connectivity index (χ2n) is 11.8. The summed E-state index contributed by atoms with van der Waals surface area (Å²) in [6.45, 7) is 14.2. The monoisotopic (exact) mass is 360 g/mol. The van der Waals surface area contributed by atoms with Gasteiger partial charge in [-0.2, -0.15) is 0 Å². The van der Waals surface area contributed by atoms with Crippen molar-refractivity contribution < 1.29 is 9.90 Å². The molecule has 26 heavy (non-hydrogen) atoms. The maximum Gasteiger partial charge on any atom is 0.133 e. The van der Waals surface area contributed by atoms with E-state index in [9.17, 15) is 9.90 Å². The van der Waals surface area contributed by atoms with Crippen LogP contribution in [0.2, 0.25) is 0 Å². The highest BCUT2D eigenvalue weighted by Gasteiger charge is 2.68. The summed E-state index contributed by atoms with van der Waals surface area (Å²) >= 11 is 0. The molecule has 0 bridgehead atoms. The van der Waals surface area contributed by atoms with Gasteiger partial charge in [0.15, 0.2) is 0 Å². The zero-order chi connectivity index (χ0) is 19.1. The third-order valence-corrected chi connectivity index (χ3v) is 10.9. The van der Waals surface area contributed by atoms with Crippen molar-refractivity contribution >= 4 is 5.78 Å². The van der Waals surface area contributed by atoms with E-state index in [1.54, 1.807) is 0 Å². The molecule has 0 heterocycles. The lowest BCUT2D eigenvalue weighted by Gasteiger charge is -2.69. The summed E-state index contributed by atoms with van der Waals surface area (Å²) in [4.78, 5) is 12.3. The maximum atomic E-state index is 12.3. The van der Waals surface area contributed by atoms with Crippen LogP contribution in [0.15, 0.2) is 0 Å². The van der Waals surface area contributed by atoms with E-state index in [0.29, 0.717) is 39.8 Å². The summed E-state index contributed by atoms with van der Waals surface area (Å²) in [5.74, 6) is 2.72. The number of aliphatic hydroxyl groups excluding tert-OH is 1. The normalized spacial score (nSPS) is 55.6. The molecule has 8 atom stereocenters. The molecule has 1 N–H and O–H groups in total. The Hall–Kier alpha value is -0.370. The fourth-order valence-electron chi connectivity index (χ4n) is 9.22. The van der Waals surface area contributed by atoms with Gasteiger partial charge in [-0.05, 0) is 97.7 Å². The fourth-order valence-corrected chi connectivity index (χ4v) is 9.22. The van der Waals surface area contributed by atoms with Crippen molar-refractivity contribution in [3.63, 3.8) is 0 Å². The van der Waals surface area contributed by atoms with E-state index >= 15 is 0 Å². The van der Waals surface area contributed by atoms with Gasteiger partial charge in [0.1, 0.15) is 5.78 Å². The molecule has 0 radical (unpaired) electrons. The van der Waals surface area contributed by atoms with E-state index in [-0.39, 0.29) is 11.5 Å². The molecule has 0 unspecified atom stereocenters. The summed E-state index contributed by atoms with van der Waals surface area (Å²) in [5.41, 5.74) is 1.05. The van der Waals surface area contributed by atoms with Crippen molar-refractivity contribution in [1.29, 1.82) is 0 Å². The Bertz CT molecular complexity index is 609. The maximum absolute atomic E-state index is 12.3. The van der Waals surface area contributed by atoms with Gasteiger partial charge in [0.05, 0.1) is 6.10 Å². The second kappa shape index (κ2) is 5.58. The lowest BCUT2D eigenvalue weighted by Crippen LogP contribution is -2.63. The molecule has 0 aliphatic heterocycles. The minimum absolute atomic E-state index is 0.0314. The largest absolute Gasteiger partial charge is 0.393 e. The number of Topliss-reactive ketones (excluding diaryl/α,β-unsaturated/α-hetero) is 1. The Kier molecular flexibility index (Phi) is 4.07. The van der Waals surface area contributed by atoms with Gasteiger partial charge in [-0.1, -0.05) is 34.6 Å². The Morgan fingerprint density at radius 1 is 0.808 bits per heavy atom. The van der Waals surface area contributed by atoms with Crippen molar-refractivity contribution in [2.24, 2.45) is 45.3 Å². The van der Waals surface area contributed by atoms with E-state index in [2.05, 4.69) is 34.6 Å². The van der Waals surface area contributed by atoms with Crippen molar-refractivity contribution in [2.45, 2.75) is 99.0 Å². The number of ketones is 1. The molecule has 4 saturated carbocycles. The molecule has 2 nitrogen and oxygen atoms in total. The molecule has 0 spiro atoms. The van der Waals surface area contributed by atoms with Crippen molar-refractivity contribution in [3.05, 3.63) is 0 Å². The van der Waals surface area contributed by atoms with Gasteiger partial charge in [-0.25, -0.2) is 0 Å². The Labute approximate surface area is 160 Å². The van der Waals surface area contributed by atoms with Gasteiger partial charge in [0.25, 0.3) is 0 Å². The van der Waals surface area contributed by atoms with Crippen molar-refractivity contribution in [3.8, 4) is 0 Å². The zero-order valence-electron chi connectivity index (χ0n) is 17.9. The third-order valence-electron chi connectivity index (χ3n) is 10.9. The number of hydrogen-bond acceptors (Lipinski definition) is 2. The van der Waals surface area contributed by atoms with Crippen LogP contribution in [0.4, 0.5) is 0 Å². The molecule has 2 heteroatoms. The molecule has 0 aromatic heterocycles. The highest BCUT2D eigenvalue weighted by molar-refractivity contribution is 5.79. The van der Waals surface area contributed by atoms with E-state index in [4.69, 9.17) is 0 Å². The van der Waals surface area contributed by atoms with E-state index in [1.165, 1.54) is 38.5 Å². The first kappa shape index (κ1) is 19.0. The Balaban J connectivity index is 1.73. The Morgan fingerprint density at radius 3 is 2.12 bits per heavy atom. The summed E-state index contributed by atoms with van der Waals surface area (Å²) in [6, 6.07) is 0. The lowest BCUT2D eigenvalue weighted by molar-refractivity contribution is -0.221. The molecular formula is C24H40O2. The third kappa shape index (κ3) is 2.12. The van der Waals surface area contributed by atoms with Crippen LogP contribution in [0.5, 0.6) is 0 Å². The van der Waals surface area contributed by atoms with E-state index in [1.807, 2.05) is 6.92 Å². The lowest BCUT2D eigenvalue weighted by atomic mass is 9.35. The van der Waals surface area contributed by atoms with Gasteiger partial charge in [-0.15, -0.1) is 0 Å². The number of fused-ring (bicyclic) bond motifs is 5. The molecule has 4 aliphatic carbocycles. The van der Waals surface area contributed by atoms with Crippen LogP contribution in [0.1, 0.15) is 92.9 Å². The van der Waals surface area contributed by atoms with Gasteiger partial charge >= 0.3 is 0 Å². The minimum Gasteiger partial charge on any atom is -0.393 e. The topological polar surface area (TPSA) is 37.3 Å². The second-order valence-corrected chi connectivity index (χ2v) is 11.8. The van der Waals surface area contributed by atoms with Gasteiger partial charge in [0.2, 0.25) is 0 Å². The van der Waals surface area contributed by atoms with E-state index in [0.717, 1.165) is 18.8 Å². The average Bonchev–Trinajstić information content (AvgIpc) is 2.90. The SMILES string of the molecule is CC(=O)[C@H]1CC[C@]2(C)[C@@H]1CC[C@@H]1[C@@]3(C)CC[C@H](O)C(C)(C)[C@@H]3CC[C@]12C. The quantitative estimate of drug-likeness (QED) is 0.659. The molecule has 0 aromatic rings. The fraction of sp³-hybridized carbons (Fsp3) is 0.958. The molecule has 0 amide bonds. The number of rotatable bonds is 1. The highest BCUT2D eigenvalue weighted by atomic mass is 16.3. The molecule has 148 valence electrons. The number of carbonyl (C=O) groups is 1. The molecule has 4 fully saturated rings. The van der Waals surface area contributed by atoms with Crippen LogP contribution < -0.4 is 0 Å². The predicted octanol–water partition coefficient (Wildman–Crippen LogP) is 5.62. The first-order chi connectivity index (χ1) is 12.0. The van der Waals surface area contributed by atoms with Gasteiger partial charge in [0, 0.05) is 5.92 Å². The van der Waals surface area contributed by atoms with Crippen LogP contribution in [0, 0.1) is 45.3 Å². The summed E-state index contributed by atoms with van der Waals surface area (Å²) < 4.78 is 0. The molecule has 4 rings (SSSR count). The van der Waals surface area contributed by atoms with Crippen LogP contribution in [-0.2, 0) is 4.79 Å². The molecule has 0 saturated heterocycles. The van der Waals surface area contributed by atoms with Crippen LogP contribution in [0.3, 0.4) is 0 Å². The van der Waals surface area contributed by atoms with Gasteiger partial charge in [-0.3, -0.25) is 4.79 Å². The van der Waals surface area contributed by atoms with Crippen LogP contribution in [-0.4, -0.2) is 17.0 Å². The average molecular weight is 361 g/mol. The molecule has 4 aliphatic rings. The van der Waals surface area contributed by atoms with Crippen LogP contribution >= 0.6 is 0 Å². The minimum atomic E-state index is -0.148. The first-order valence-corrected chi connectivity index (χ1v) is 11.2. The number of aliphatic hydroxyl groups is 1. The summed E-state index contributed by atoms with van der Waals surface area (Å²) in [7, 11) is 0. The number of hydrogen-bond donors (Lipinski definition) is 1. The smallest absolute Gasteiger partial charge is 0.133 e. The molecular weight excluding hydrogens is 320 g/mol. The summed E-state index contributed by atoms with van der Waals surface area (Å²) in [5, 5.41) is 10.7. The standard InChI is InChI=1S/C24H40O2/c1-15(25)16-9-13-23(5)17(16)7-8-19-22(4)12-11-20(26)21(2,3)18(22)10-14-24(19,23)6/h16-20,26H,7-14H2,1-6H3/t16-,17-,18+,19-,20+,22+,23-,24-/m1/s1. The zero-order valence-corrected chi connectivity index (χ0v) is 17.9. The Morgan fingerprint density at radius 2 is 1.46 bits per heavy atom. The van der Waals surface area contributed by atoms with Crippen molar-refractivity contribution in [2.75, 3.05) is 0 Å². The van der Waals surface area contributed by atoms with Crippen molar-refractivity contribution in [1.82, 2.24) is 0 Å². The molecule has 0 aromatic carbocycles. The van der Waals surface area contributed by atoms with Gasteiger partial charge < -0.3 is 5.11 Å².